The minimum Gasteiger partial charge on any atom is -0.360 e. The van der Waals surface area contributed by atoms with Gasteiger partial charge in [0.15, 0.2) is 0 Å². The molecule has 0 fully saturated rings. The Labute approximate surface area is 140 Å². The first kappa shape index (κ1) is 17.1. The van der Waals surface area contributed by atoms with Crippen molar-refractivity contribution in [2.24, 2.45) is 5.92 Å². The van der Waals surface area contributed by atoms with Crippen molar-refractivity contribution < 1.29 is 4.79 Å². The number of benzene rings is 1. The Balaban J connectivity index is 2.14. The molecule has 24 heavy (non-hydrogen) atoms. The van der Waals surface area contributed by atoms with Crippen molar-refractivity contribution in [1.82, 2.24) is 20.6 Å². The van der Waals surface area contributed by atoms with Crippen molar-refractivity contribution in [3.63, 3.8) is 0 Å². The molecule has 0 aliphatic carbocycles. The molecule has 0 aliphatic heterocycles. The minimum atomic E-state index is -0.0279. The van der Waals surface area contributed by atoms with Crippen LogP contribution in [0, 0.1) is 24.2 Å². The van der Waals surface area contributed by atoms with Crippen molar-refractivity contribution in [2.75, 3.05) is 10.6 Å². The molecule has 8 nitrogen and oxygen atoms in total. The SMILES string of the molecule is Cc1ccc(NC(=O)CC(C)C)cc1NC=C(C#N)c1nn[nH]n1. The van der Waals surface area contributed by atoms with E-state index in [-0.39, 0.29) is 17.3 Å². The number of anilines is 2. The van der Waals surface area contributed by atoms with Gasteiger partial charge in [0.2, 0.25) is 11.7 Å². The number of carbonyl (C=O) groups is 1. The van der Waals surface area contributed by atoms with Gasteiger partial charge >= 0.3 is 0 Å². The maximum Gasteiger partial charge on any atom is 0.224 e. The lowest BCUT2D eigenvalue weighted by atomic mass is 10.1. The van der Waals surface area contributed by atoms with E-state index in [2.05, 4.69) is 31.3 Å². The highest BCUT2D eigenvalue weighted by atomic mass is 16.1. The van der Waals surface area contributed by atoms with E-state index in [9.17, 15) is 4.79 Å². The molecular weight excluding hydrogens is 306 g/mol. The van der Waals surface area contributed by atoms with Crippen molar-refractivity contribution in [1.29, 1.82) is 5.26 Å². The highest BCUT2D eigenvalue weighted by Gasteiger charge is 2.08. The summed E-state index contributed by atoms with van der Waals surface area (Å²) in [5, 5.41) is 28.4. The fraction of sp³-hybridized carbons (Fsp3) is 0.312. The molecule has 1 aromatic carbocycles. The van der Waals surface area contributed by atoms with E-state index in [1.165, 1.54) is 6.20 Å². The van der Waals surface area contributed by atoms with Crippen LogP contribution in [0.25, 0.3) is 5.57 Å². The zero-order valence-electron chi connectivity index (χ0n) is 13.8. The largest absolute Gasteiger partial charge is 0.360 e. The zero-order valence-corrected chi connectivity index (χ0v) is 13.8. The molecule has 8 heteroatoms. The standard InChI is InChI=1S/C16H19N7O/c1-10(2)6-15(24)19-13-5-4-11(3)14(7-13)18-9-12(8-17)16-20-22-23-21-16/h4-5,7,9-10,18H,6H2,1-3H3,(H,19,24)(H,20,21,22,23). The Hall–Kier alpha value is -3.21. The van der Waals surface area contributed by atoms with Gasteiger partial charge in [-0.1, -0.05) is 19.9 Å². The Bertz CT molecular complexity index is 772. The summed E-state index contributed by atoms with van der Waals surface area (Å²) < 4.78 is 0. The summed E-state index contributed by atoms with van der Waals surface area (Å²) in [6, 6.07) is 7.55. The molecule has 2 rings (SSSR count). The number of allylic oxidation sites excluding steroid dienone is 1. The normalized spacial score (nSPS) is 11.2. The van der Waals surface area contributed by atoms with Crippen LogP contribution in [-0.4, -0.2) is 26.5 Å². The molecular formula is C16H19N7O. The van der Waals surface area contributed by atoms with E-state index in [0.717, 1.165) is 11.3 Å². The summed E-state index contributed by atoms with van der Waals surface area (Å²) in [4.78, 5) is 11.9. The predicted molar refractivity (Wildman–Crippen MR) is 90.7 cm³/mol. The summed E-state index contributed by atoms with van der Waals surface area (Å²) in [6.45, 7) is 5.91. The van der Waals surface area contributed by atoms with Gasteiger partial charge in [-0.25, -0.2) is 0 Å². The molecule has 0 aliphatic rings. The molecule has 1 heterocycles. The summed E-state index contributed by atoms with van der Waals surface area (Å²) in [6.07, 6.45) is 1.97. The number of hydrogen-bond acceptors (Lipinski definition) is 6. The highest BCUT2D eigenvalue weighted by Crippen LogP contribution is 2.21. The third kappa shape index (κ3) is 4.64. The van der Waals surface area contributed by atoms with Gasteiger partial charge in [0.25, 0.3) is 0 Å². The molecule has 0 bridgehead atoms. The zero-order chi connectivity index (χ0) is 17.5. The number of aryl methyl sites for hydroxylation is 1. The van der Waals surface area contributed by atoms with Gasteiger partial charge in [0, 0.05) is 24.0 Å². The Kier molecular flexibility index (Phi) is 5.63. The van der Waals surface area contributed by atoms with Crippen molar-refractivity contribution in [3.8, 4) is 6.07 Å². The van der Waals surface area contributed by atoms with E-state index in [4.69, 9.17) is 5.26 Å². The molecule has 3 N–H and O–H groups in total. The first-order valence-corrected chi connectivity index (χ1v) is 7.50. The number of aromatic nitrogens is 4. The third-order valence-electron chi connectivity index (χ3n) is 3.19. The molecule has 2 aromatic rings. The number of nitrogens with zero attached hydrogens (tertiary/aromatic N) is 4. The fourth-order valence-corrected chi connectivity index (χ4v) is 2.01. The molecule has 0 saturated carbocycles. The van der Waals surface area contributed by atoms with Crippen LogP contribution < -0.4 is 10.6 Å². The van der Waals surface area contributed by atoms with Crippen LogP contribution >= 0.6 is 0 Å². The molecule has 1 amide bonds. The number of tetrazole rings is 1. The number of amides is 1. The first-order chi connectivity index (χ1) is 11.5. The average molecular weight is 325 g/mol. The maximum atomic E-state index is 11.9. The predicted octanol–water partition coefficient (Wildman–Crippen LogP) is 2.47. The van der Waals surface area contributed by atoms with E-state index in [0.29, 0.717) is 18.0 Å². The smallest absolute Gasteiger partial charge is 0.224 e. The van der Waals surface area contributed by atoms with Crippen LogP contribution in [-0.2, 0) is 4.79 Å². The molecule has 0 radical (unpaired) electrons. The quantitative estimate of drug-likeness (QED) is 0.702. The molecule has 1 aromatic heterocycles. The molecule has 124 valence electrons. The van der Waals surface area contributed by atoms with E-state index in [1.54, 1.807) is 0 Å². The minimum absolute atomic E-state index is 0.0279. The second kappa shape index (κ2) is 7.87. The second-order valence-electron chi connectivity index (χ2n) is 5.73. The van der Waals surface area contributed by atoms with Gasteiger partial charge in [-0.3, -0.25) is 4.79 Å². The lowest BCUT2D eigenvalue weighted by molar-refractivity contribution is -0.116. The third-order valence-corrected chi connectivity index (χ3v) is 3.19. The van der Waals surface area contributed by atoms with Crippen molar-refractivity contribution >= 4 is 22.9 Å². The Morgan fingerprint density at radius 3 is 2.88 bits per heavy atom. The maximum absolute atomic E-state index is 11.9. The molecule has 0 spiro atoms. The van der Waals surface area contributed by atoms with Crippen LogP contribution in [0.4, 0.5) is 11.4 Å². The van der Waals surface area contributed by atoms with Crippen LogP contribution in [0.1, 0.15) is 31.7 Å². The lowest BCUT2D eigenvalue weighted by Gasteiger charge is -2.11. The lowest BCUT2D eigenvalue weighted by Crippen LogP contribution is -2.14. The van der Waals surface area contributed by atoms with Gasteiger partial charge in [-0.05, 0) is 35.8 Å². The van der Waals surface area contributed by atoms with Gasteiger partial charge in [-0.15, -0.1) is 10.2 Å². The van der Waals surface area contributed by atoms with Gasteiger partial charge in [0.05, 0.1) is 0 Å². The number of rotatable bonds is 6. The first-order valence-electron chi connectivity index (χ1n) is 7.50. The number of nitriles is 1. The number of nitrogens with one attached hydrogen (secondary N) is 3. The summed E-state index contributed by atoms with van der Waals surface area (Å²) in [5.41, 5.74) is 2.68. The van der Waals surface area contributed by atoms with E-state index >= 15 is 0 Å². The Morgan fingerprint density at radius 2 is 2.25 bits per heavy atom. The fourth-order valence-electron chi connectivity index (χ4n) is 2.01. The van der Waals surface area contributed by atoms with Crippen molar-refractivity contribution in [2.45, 2.75) is 27.2 Å². The number of H-pyrrole nitrogens is 1. The second-order valence-corrected chi connectivity index (χ2v) is 5.73. The number of hydrogen-bond donors (Lipinski definition) is 3. The summed E-state index contributed by atoms with van der Waals surface area (Å²) in [5.74, 6) is 0.480. The van der Waals surface area contributed by atoms with Gasteiger partial charge < -0.3 is 10.6 Å². The van der Waals surface area contributed by atoms with Gasteiger partial charge in [-0.2, -0.15) is 10.5 Å². The molecule has 0 saturated heterocycles. The topological polar surface area (TPSA) is 119 Å². The number of aromatic amines is 1. The Morgan fingerprint density at radius 1 is 1.46 bits per heavy atom. The van der Waals surface area contributed by atoms with Crippen LogP contribution in [0.3, 0.4) is 0 Å². The van der Waals surface area contributed by atoms with E-state index < -0.39 is 0 Å². The number of carbonyl (C=O) groups excluding carboxylic acids is 1. The summed E-state index contributed by atoms with van der Waals surface area (Å²) >= 11 is 0. The van der Waals surface area contributed by atoms with Crippen LogP contribution in [0.15, 0.2) is 24.4 Å². The monoisotopic (exact) mass is 325 g/mol. The van der Waals surface area contributed by atoms with E-state index in [1.807, 2.05) is 45.0 Å². The summed E-state index contributed by atoms with van der Waals surface area (Å²) in [7, 11) is 0. The average Bonchev–Trinajstić information content (AvgIpc) is 3.04. The van der Waals surface area contributed by atoms with Crippen LogP contribution in [0.5, 0.6) is 0 Å². The highest BCUT2D eigenvalue weighted by molar-refractivity contribution is 5.91. The molecule has 0 unspecified atom stereocenters. The van der Waals surface area contributed by atoms with Crippen molar-refractivity contribution in [3.05, 3.63) is 35.8 Å². The molecule has 0 atom stereocenters. The van der Waals surface area contributed by atoms with Gasteiger partial charge in [0.1, 0.15) is 11.6 Å². The van der Waals surface area contributed by atoms with Crippen LogP contribution in [0.2, 0.25) is 0 Å².